The number of rotatable bonds is 3. The molecule has 1 N–H and O–H groups in total. The second-order valence-corrected chi connectivity index (χ2v) is 4.00. The van der Waals surface area contributed by atoms with Gasteiger partial charge in [0.1, 0.15) is 7.05 Å². The van der Waals surface area contributed by atoms with E-state index in [4.69, 9.17) is 5.11 Å². The summed E-state index contributed by atoms with van der Waals surface area (Å²) < 4.78 is 33.0. The Hall–Kier alpha value is -1.02. The Morgan fingerprint density at radius 2 is 2.06 bits per heavy atom. The van der Waals surface area contributed by atoms with E-state index in [0.29, 0.717) is 0 Å². The van der Waals surface area contributed by atoms with E-state index < -0.39 is 10.4 Å². The molecule has 0 spiro atoms. The number of aliphatic hydroxyl groups is 1. The predicted octanol–water partition coefficient (Wildman–Crippen LogP) is -0.861. The van der Waals surface area contributed by atoms with Crippen molar-refractivity contribution in [3.05, 3.63) is 30.1 Å². The van der Waals surface area contributed by atoms with Crippen LogP contribution in [0.25, 0.3) is 0 Å². The molecule has 0 aromatic carbocycles. The molecule has 0 radical (unpaired) electrons. The number of pyridine rings is 1. The minimum absolute atomic E-state index is 0.220. The van der Waals surface area contributed by atoms with Gasteiger partial charge in [-0.25, -0.2) is 13.0 Å². The van der Waals surface area contributed by atoms with Crippen molar-refractivity contribution in [2.75, 3.05) is 13.7 Å². The molecule has 0 atom stereocenters. The molecule has 1 heterocycles. The number of nitrogens with zero attached hydrogens (tertiary/aromatic N) is 1. The molecular weight excluding hydrogens is 234 g/mol. The van der Waals surface area contributed by atoms with Crippen LogP contribution >= 0.6 is 0 Å². The van der Waals surface area contributed by atoms with E-state index in [0.717, 1.165) is 19.2 Å². The predicted molar refractivity (Wildman–Crippen MR) is 55.1 cm³/mol. The van der Waals surface area contributed by atoms with Crippen LogP contribution in [0.5, 0.6) is 0 Å². The molecule has 1 aromatic heterocycles. The van der Waals surface area contributed by atoms with Crippen molar-refractivity contribution in [2.24, 2.45) is 7.05 Å². The zero-order valence-corrected chi connectivity index (χ0v) is 9.98. The van der Waals surface area contributed by atoms with Crippen LogP contribution in [-0.2, 0) is 28.1 Å². The maximum Gasteiger partial charge on any atom is 0.217 e. The second kappa shape index (κ2) is 7.29. The highest BCUT2D eigenvalue weighted by atomic mass is 32.3. The Kier molecular flexibility index (Phi) is 6.82. The van der Waals surface area contributed by atoms with Gasteiger partial charge in [0, 0.05) is 12.1 Å². The fourth-order valence-corrected chi connectivity index (χ4v) is 0.933. The topological polar surface area (TPSA) is 90.5 Å². The molecule has 0 saturated carbocycles. The highest BCUT2D eigenvalue weighted by Gasteiger charge is 2.01. The average Bonchev–Trinajstić information content (AvgIpc) is 2.22. The molecule has 1 aromatic rings. The van der Waals surface area contributed by atoms with Crippen LogP contribution in [-0.4, -0.2) is 31.8 Å². The van der Waals surface area contributed by atoms with Crippen LogP contribution < -0.4 is 4.57 Å². The Morgan fingerprint density at radius 1 is 1.50 bits per heavy atom. The van der Waals surface area contributed by atoms with E-state index in [1.807, 2.05) is 36.0 Å². The van der Waals surface area contributed by atoms with E-state index >= 15 is 0 Å². The Bertz CT molecular complexity index is 404. The van der Waals surface area contributed by atoms with E-state index in [9.17, 15) is 13.0 Å². The lowest BCUT2D eigenvalue weighted by molar-refractivity contribution is -0.679. The maximum atomic E-state index is 9.22. The van der Waals surface area contributed by atoms with Gasteiger partial charge in [-0.1, -0.05) is 6.07 Å². The molecular formula is C9H15NO5S. The average molecular weight is 249 g/mol. The van der Waals surface area contributed by atoms with Gasteiger partial charge in [-0.3, -0.25) is 4.18 Å². The fourth-order valence-electron chi connectivity index (χ4n) is 0.933. The molecule has 0 aliphatic rings. The van der Waals surface area contributed by atoms with Crippen LogP contribution in [0.1, 0.15) is 5.69 Å². The minimum atomic E-state index is -4.41. The third-order valence-corrected chi connectivity index (χ3v) is 2.14. The molecule has 0 amide bonds. The summed E-state index contributed by atoms with van der Waals surface area (Å²) in [5.74, 6) is 0. The number of aromatic nitrogens is 1. The summed E-state index contributed by atoms with van der Waals surface area (Å²) >= 11 is 0. The number of aryl methyl sites for hydroxylation is 1. The lowest BCUT2D eigenvalue weighted by atomic mass is 10.3. The molecule has 6 nitrogen and oxygen atoms in total. The van der Waals surface area contributed by atoms with Gasteiger partial charge in [0.2, 0.25) is 10.4 Å². The van der Waals surface area contributed by atoms with Crippen LogP contribution in [0.4, 0.5) is 0 Å². The SMILES string of the molecule is COS(=O)(=O)[O-].C[n+]1ccccc1CCO. The van der Waals surface area contributed by atoms with Gasteiger partial charge in [-0.15, -0.1) is 0 Å². The molecule has 0 aliphatic carbocycles. The first-order chi connectivity index (χ1) is 7.40. The molecule has 7 heteroatoms. The first-order valence-corrected chi connectivity index (χ1v) is 5.80. The van der Waals surface area contributed by atoms with E-state index in [-0.39, 0.29) is 6.61 Å². The van der Waals surface area contributed by atoms with E-state index in [1.165, 1.54) is 0 Å². The highest BCUT2D eigenvalue weighted by Crippen LogP contribution is 1.89. The smallest absolute Gasteiger partial charge is 0.217 e. The van der Waals surface area contributed by atoms with Crippen molar-refractivity contribution >= 4 is 10.4 Å². The number of hydrogen-bond donors (Lipinski definition) is 1. The molecule has 0 unspecified atom stereocenters. The van der Waals surface area contributed by atoms with Crippen molar-refractivity contribution in [3.63, 3.8) is 0 Å². The van der Waals surface area contributed by atoms with E-state index in [2.05, 4.69) is 4.18 Å². The van der Waals surface area contributed by atoms with Gasteiger partial charge >= 0.3 is 0 Å². The Morgan fingerprint density at radius 3 is 2.44 bits per heavy atom. The van der Waals surface area contributed by atoms with Crippen molar-refractivity contribution in [1.29, 1.82) is 0 Å². The van der Waals surface area contributed by atoms with Crippen LogP contribution in [0.15, 0.2) is 24.4 Å². The molecule has 0 fully saturated rings. The fraction of sp³-hybridized carbons (Fsp3) is 0.444. The highest BCUT2D eigenvalue weighted by molar-refractivity contribution is 7.80. The molecule has 16 heavy (non-hydrogen) atoms. The summed E-state index contributed by atoms with van der Waals surface area (Å²) in [6.07, 6.45) is 2.71. The largest absolute Gasteiger partial charge is 0.726 e. The summed E-state index contributed by atoms with van der Waals surface area (Å²) in [7, 11) is -1.63. The van der Waals surface area contributed by atoms with Crippen molar-refractivity contribution in [3.8, 4) is 0 Å². The van der Waals surface area contributed by atoms with Crippen LogP contribution in [0, 0.1) is 0 Å². The summed E-state index contributed by atoms with van der Waals surface area (Å²) in [5.41, 5.74) is 1.16. The summed E-state index contributed by atoms with van der Waals surface area (Å²) in [6.45, 7) is 0.220. The van der Waals surface area contributed by atoms with Gasteiger partial charge in [0.25, 0.3) is 0 Å². The number of aliphatic hydroxyl groups excluding tert-OH is 1. The third kappa shape index (κ3) is 7.30. The first kappa shape index (κ1) is 15.0. The molecule has 1 rings (SSSR count). The third-order valence-electron chi connectivity index (χ3n) is 1.73. The van der Waals surface area contributed by atoms with Crippen molar-refractivity contribution in [2.45, 2.75) is 6.42 Å². The lowest BCUT2D eigenvalue weighted by Crippen LogP contribution is -2.33. The zero-order valence-electron chi connectivity index (χ0n) is 9.16. The van der Waals surface area contributed by atoms with E-state index in [1.54, 1.807) is 0 Å². The Labute approximate surface area is 95.1 Å². The van der Waals surface area contributed by atoms with Gasteiger partial charge < -0.3 is 9.66 Å². The normalized spacial score (nSPS) is 10.5. The quantitative estimate of drug-likeness (QED) is 0.427. The van der Waals surface area contributed by atoms with Gasteiger partial charge in [0.15, 0.2) is 11.9 Å². The molecule has 0 aliphatic heterocycles. The summed E-state index contributed by atoms with van der Waals surface area (Å²) in [5, 5.41) is 8.63. The lowest BCUT2D eigenvalue weighted by Gasteiger charge is -1.98. The molecule has 92 valence electrons. The minimum Gasteiger partial charge on any atom is -0.726 e. The Balaban J connectivity index is 0.000000325. The van der Waals surface area contributed by atoms with Crippen molar-refractivity contribution in [1.82, 2.24) is 0 Å². The molecule has 0 saturated heterocycles. The molecule has 0 bridgehead atoms. The monoisotopic (exact) mass is 249 g/mol. The van der Waals surface area contributed by atoms with Crippen LogP contribution in [0.2, 0.25) is 0 Å². The summed E-state index contributed by atoms with van der Waals surface area (Å²) in [4.78, 5) is 0. The van der Waals surface area contributed by atoms with Crippen molar-refractivity contribution < 1.29 is 26.8 Å². The maximum absolute atomic E-state index is 9.22. The first-order valence-electron chi connectivity index (χ1n) is 4.46. The van der Waals surface area contributed by atoms with Gasteiger partial charge in [0.05, 0.1) is 20.1 Å². The van der Waals surface area contributed by atoms with Crippen LogP contribution in [0.3, 0.4) is 0 Å². The standard InChI is InChI=1S/C8H12NO.CH4O4S/c1-9-6-3-2-4-8(9)5-7-10;1-5-6(2,3)4/h2-4,6,10H,5,7H2,1H3;1H3,(H,2,3,4)/q+1;/p-1. The zero-order chi connectivity index (χ0) is 12.6. The number of hydrogen-bond acceptors (Lipinski definition) is 5. The van der Waals surface area contributed by atoms with Gasteiger partial charge in [-0.05, 0) is 0 Å². The second-order valence-electron chi connectivity index (χ2n) is 2.85. The summed E-state index contributed by atoms with van der Waals surface area (Å²) in [6, 6.07) is 5.96. The van der Waals surface area contributed by atoms with Gasteiger partial charge in [-0.2, -0.15) is 0 Å².